The second-order valence-corrected chi connectivity index (χ2v) is 4.53. The van der Waals surface area contributed by atoms with Gasteiger partial charge in [0.25, 0.3) is 0 Å². The van der Waals surface area contributed by atoms with Crippen LogP contribution in [-0.4, -0.2) is 17.0 Å². The fourth-order valence-electron chi connectivity index (χ4n) is 1.36. The first-order valence-corrected chi connectivity index (χ1v) is 5.97. The van der Waals surface area contributed by atoms with Crippen LogP contribution in [0.1, 0.15) is 38.4 Å². The zero-order valence-electron chi connectivity index (χ0n) is 8.84. The van der Waals surface area contributed by atoms with E-state index in [9.17, 15) is 0 Å². The molecule has 1 N–H and O–H groups in total. The summed E-state index contributed by atoms with van der Waals surface area (Å²) in [5.74, 6) is 2.32. The molecule has 0 saturated carbocycles. The van der Waals surface area contributed by atoms with Crippen LogP contribution in [0.4, 0.5) is 5.82 Å². The first-order chi connectivity index (χ1) is 6.69. The lowest BCUT2D eigenvalue weighted by Crippen LogP contribution is -2.05. The maximum absolute atomic E-state index is 4.48. The van der Waals surface area contributed by atoms with E-state index in [1.807, 2.05) is 13.2 Å². The van der Waals surface area contributed by atoms with Gasteiger partial charge in [-0.3, -0.25) is 0 Å². The lowest BCUT2D eigenvalue weighted by molar-refractivity contribution is 0.626. The lowest BCUT2D eigenvalue weighted by atomic mass is 10.1. The average Bonchev–Trinajstić information content (AvgIpc) is 2.19. The van der Waals surface area contributed by atoms with Crippen LogP contribution in [0.2, 0.25) is 0 Å². The van der Waals surface area contributed by atoms with Crippen molar-refractivity contribution in [2.75, 3.05) is 12.4 Å². The molecule has 3 nitrogen and oxygen atoms in total. The summed E-state index contributed by atoms with van der Waals surface area (Å²) < 4.78 is 1.07. The van der Waals surface area contributed by atoms with Crippen molar-refractivity contribution >= 4 is 28.4 Å². The van der Waals surface area contributed by atoms with Gasteiger partial charge in [-0.2, -0.15) is 0 Å². The minimum atomic E-state index is 0.448. The molecule has 1 rings (SSSR count). The molecule has 4 heteroatoms. The van der Waals surface area contributed by atoms with E-state index in [-0.39, 0.29) is 0 Å². The first-order valence-electron chi connectivity index (χ1n) is 4.89. The quantitative estimate of drug-likeness (QED) is 0.869. The van der Waals surface area contributed by atoms with E-state index >= 15 is 0 Å². The second-order valence-electron chi connectivity index (χ2n) is 3.36. The van der Waals surface area contributed by atoms with Gasteiger partial charge >= 0.3 is 0 Å². The average molecular weight is 305 g/mol. The van der Waals surface area contributed by atoms with E-state index in [1.54, 1.807) is 0 Å². The van der Waals surface area contributed by atoms with Crippen LogP contribution in [0.15, 0.2) is 6.20 Å². The molecule has 1 heterocycles. The van der Waals surface area contributed by atoms with Crippen molar-refractivity contribution in [2.24, 2.45) is 0 Å². The summed E-state index contributed by atoms with van der Waals surface area (Å²) in [4.78, 5) is 8.83. The highest BCUT2D eigenvalue weighted by Crippen LogP contribution is 2.20. The predicted molar refractivity (Wildman–Crippen MR) is 67.6 cm³/mol. The third kappa shape index (κ3) is 2.80. The second kappa shape index (κ2) is 5.48. The summed E-state index contributed by atoms with van der Waals surface area (Å²) in [6, 6.07) is 0. The lowest BCUT2D eigenvalue weighted by Gasteiger charge is -2.10. The molecule has 0 aliphatic rings. The maximum atomic E-state index is 4.48. The molecule has 78 valence electrons. The fraction of sp³-hybridized carbons (Fsp3) is 0.600. The number of nitrogens with zero attached hydrogens (tertiary/aromatic N) is 2. The third-order valence-electron chi connectivity index (χ3n) is 2.16. The highest BCUT2D eigenvalue weighted by Gasteiger charge is 2.09. The molecule has 1 atom stereocenters. The number of nitrogens with one attached hydrogen (secondary N) is 1. The molecule has 0 saturated heterocycles. The summed E-state index contributed by atoms with van der Waals surface area (Å²) >= 11 is 2.23. The molecule has 0 aliphatic carbocycles. The van der Waals surface area contributed by atoms with Gasteiger partial charge < -0.3 is 5.32 Å². The fourth-order valence-corrected chi connectivity index (χ4v) is 1.89. The van der Waals surface area contributed by atoms with Crippen LogP contribution < -0.4 is 5.32 Å². The van der Waals surface area contributed by atoms with E-state index in [0.29, 0.717) is 5.92 Å². The molecule has 1 aromatic heterocycles. The summed E-state index contributed by atoms with van der Waals surface area (Å²) in [7, 11) is 1.89. The Balaban J connectivity index is 2.88. The van der Waals surface area contributed by atoms with Crippen LogP contribution in [-0.2, 0) is 0 Å². The van der Waals surface area contributed by atoms with Gasteiger partial charge in [0, 0.05) is 19.2 Å². The van der Waals surface area contributed by atoms with Crippen LogP contribution in [0.25, 0.3) is 0 Å². The molecule has 0 radical (unpaired) electrons. The number of rotatable bonds is 4. The summed E-state index contributed by atoms with van der Waals surface area (Å²) in [5, 5.41) is 3.07. The zero-order chi connectivity index (χ0) is 10.6. The van der Waals surface area contributed by atoms with E-state index < -0.39 is 0 Å². The normalized spacial score (nSPS) is 12.6. The van der Waals surface area contributed by atoms with Crippen molar-refractivity contribution in [3.05, 3.63) is 15.6 Å². The Labute approximate surface area is 98.9 Å². The Kier molecular flexibility index (Phi) is 4.57. The number of halogens is 1. The van der Waals surface area contributed by atoms with E-state index in [1.165, 1.54) is 6.42 Å². The smallest absolute Gasteiger partial charge is 0.142 e. The van der Waals surface area contributed by atoms with Gasteiger partial charge in [-0.15, -0.1) is 0 Å². The van der Waals surface area contributed by atoms with Crippen LogP contribution in [0, 0.1) is 3.57 Å². The van der Waals surface area contributed by atoms with Gasteiger partial charge in [0.15, 0.2) is 0 Å². The van der Waals surface area contributed by atoms with Gasteiger partial charge in [-0.25, -0.2) is 9.97 Å². The SMILES string of the molecule is CCCC(C)c1ncc(I)c(NC)n1. The standard InChI is InChI=1S/C10H16IN3/c1-4-5-7(2)9-13-6-8(11)10(12-3)14-9/h6-7H,4-5H2,1-3H3,(H,12,13,14). The molecule has 0 aliphatic heterocycles. The van der Waals surface area contributed by atoms with E-state index in [2.05, 4.69) is 51.7 Å². The van der Waals surface area contributed by atoms with Crippen molar-refractivity contribution in [2.45, 2.75) is 32.6 Å². The number of aromatic nitrogens is 2. The summed E-state index contributed by atoms with van der Waals surface area (Å²) in [6.45, 7) is 4.35. The molecule has 0 spiro atoms. The minimum Gasteiger partial charge on any atom is -0.372 e. The number of hydrogen-bond donors (Lipinski definition) is 1. The molecule has 14 heavy (non-hydrogen) atoms. The monoisotopic (exact) mass is 305 g/mol. The van der Waals surface area contributed by atoms with Crippen molar-refractivity contribution in [1.82, 2.24) is 9.97 Å². The number of hydrogen-bond acceptors (Lipinski definition) is 3. The van der Waals surface area contributed by atoms with Crippen molar-refractivity contribution in [3.63, 3.8) is 0 Å². The molecule has 0 fully saturated rings. The third-order valence-corrected chi connectivity index (χ3v) is 2.95. The van der Waals surface area contributed by atoms with Crippen LogP contribution in [0.3, 0.4) is 0 Å². The molecule has 0 amide bonds. The molecule has 1 aromatic rings. The Morgan fingerprint density at radius 1 is 1.57 bits per heavy atom. The van der Waals surface area contributed by atoms with E-state index in [0.717, 1.165) is 21.6 Å². The van der Waals surface area contributed by atoms with Crippen LogP contribution in [0.5, 0.6) is 0 Å². The molecule has 0 bridgehead atoms. The zero-order valence-corrected chi connectivity index (χ0v) is 11.0. The first kappa shape index (κ1) is 11.7. The Hall–Kier alpha value is -0.390. The highest BCUT2D eigenvalue weighted by molar-refractivity contribution is 14.1. The molecule has 1 unspecified atom stereocenters. The van der Waals surface area contributed by atoms with Crippen molar-refractivity contribution in [3.8, 4) is 0 Å². The highest BCUT2D eigenvalue weighted by atomic mass is 127. The van der Waals surface area contributed by atoms with Gasteiger partial charge in [0.1, 0.15) is 11.6 Å². The van der Waals surface area contributed by atoms with Gasteiger partial charge in [-0.1, -0.05) is 20.3 Å². The molecular formula is C10H16IN3. The Morgan fingerprint density at radius 2 is 2.29 bits per heavy atom. The van der Waals surface area contributed by atoms with Gasteiger partial charge in [0.05, 0.1) is 3.57 Å². The largest absolute Gasteiger partial charge is 0.372 e. The summed E-state index contributed by atoms with van der Waals surface area (Å²) in [6.07, 6.45) is 4.19. The Morgan fingerprint density at radius 3 is 2.86 bits per heavy atom. The predicted octanol–water partition coefficient (Wildman–Crippen LogP) is 3.03. The van der Waals surface area contributed by atoms with Crippen LogP contribution >= 0.6 is 22.6 Å². The number of anilines is 1. The van der Waals surface area contributed by atoms with Gasteiger partial charge in [-0.05, 0) is 29.0 Å². The van der Waals surface area contributed by atoms with Crippen molar-refractivity contribution in [1.29, 1.82) is 0 Å². The molecule has 0 aromatic carbocycles. The molecular weight excluding hydrogens is 289 g/mol. The maximum Gasteiger partial charge on any atom is 0.142 e. The minimum absolute atomic E-state index is 0.448. The van der Waals surface area contributed by atoms with Crippen molar-refractivity contribution < 1.29 is 0 Å². The Bertz CT molecular complexity index is 301. The summed E-state index contributed by atoms with van der Waals surface area (Å²) in [5.41, 5.74) is 0. The topological polar surface area (TPSA) is 37.8 Å². The van der Waals surface area contributed by atoms with E-state index in [4.69, 9.17) is 0 Å². The van der Waals surface area contributed by atoms with Gasteiger partial charge in [0.2, 0.25) is 0 Å².